The summed E-state index contributed by atoms with van der Waals surface area (Å²) in [7, 11) is -4.96. The van der Waals surface area contributed by atoms with Crippen LogP contribution in [-0.2, 0) is 19.7 Å². The number of carbonyl (C=O) groups is 2. The van der Waals surface area contributed by atoms with Gasteiger partial charge in [0.2, 0.25) is 0 Å². The third-order valence-electron chi connectivity index (χ3n) is 4.62. The molecule has 0 aromatic heterocycles. The summed E-state index contributed by atoms with van der Waals surface area (Å²) in [6.45, 7) is 2.20. The van der Waals surface area contributed by atoms with Crippen LogP contribution in [0.2, 0.25) is 0 Å². The van der Waals surface area contributed by atoms with Crippen molar-refractivity contribution in [3.63, 3.8) is 0 Å². The van der Waals surface area contributed by atoms with Crippen molar-refractivity contribution in [3.05, 3.63) is 0 Å². The molecule has 2 unspecified atom stereocenters. The van der Waals surface area contributed by atoms with E-state index in [0.717, 1.165) is 25.7 Å². The van der Waals surface area contributed by atoms with E-state index >= 15 is 0 Å². The molecular weight excluding hydrogens is 429 g/mol. The van der Waals surface area contributed by atoms with E-state index in [9.17, 15) is 18.0 Å². The summed E-state index contributed by atoms with van der Waals surface area (Å²) in [4.78, 5) is 22.2. The van der Waals surface area contributed by atoms with E-state index in [-0.39, 0.29) is 95.1 Å². The SMILES string of the molecule is CCCCCCCCCCCCCCC(C(=O)O)C(C(=O)O)S(=O)(=O)O.[NaH].[NaH].[NaH]. The van der Waals surface area contributed by atoms with Crippen molar-refractivity contribution < 1.29 is 32.8 Å². The summed E-state index contributed by atoms with van der Waals surface area (Å²) in [5.41, 5.74) is 0. The molecule has 29 heavy (non-hydrogen) atoms. The van der Waals surface area contributed by atoms with Crippen molar-refractivity contribution in [1.82, 2.24) is 0 Å². The van der Waals surface area contributed by atoms with E-state index in [4.69, 9.17) is 14.8 Å². The molecule has 0 aromatic carbocycles. The van der Waals surface area contributed by atoms with Gasteiger partial charge in [0.1, 0.15) is 0 Å². The van der Waals surface area contributed by atoms with Crippen LogP contribution in [0.15, 0.2) is 0 Å². The number of hydrogen-bond donors (Lipinski definition) is 3. The van der Waals surface area contributed by atoms with Crippen molar-refractivity contribution in [2.45, 2.75) is 95.6 Å². The predicted molar refractivity (Wildman–Crippen MR) is 121 cm³/mol. The van der Waals surface area contributed by atoms with Crippen LogP contribution < -0.4 is 0 Å². The summed E-state index contributed by atoms with van der Waals surface area (Å²) in [5, 5.41) is 15.7. The van der Waals surface area contributed by atoms with Gasteiger partial charge in [-0.05, 0) is 6.42 Å². The molecule has 11 heteroatoms. The molecule has 0 aliphatic heterocycles. The molecule has 0 aliphatic rings. The van der Waals surface area contributed by atoms with Crippen LogP contribution in [0.3, 0.4) is 0 Å². The molecule has 0 rings (SSSR count). The molecule has 160 valence electrons. The Morgan fingerprint density at radius 3 is 1.31 bits per heavy atom. The van der Waals surface area contributed by atoms with Crippen LogP contribution in [0, 0.1) is 5.92 Å². The molecule has 0 aromatic rings. The van der Waals surface area contributed by atoms with Crippen molar-refractivity contribution in [2.75, 3.05) is 0 Å². The van der Waals surface area contributed by atoms with Gasteiger partial charge in [0.05, 0.1) is 5.92 Å². The van der Waals surface area contributed by atoms with Gasteiger partial charge in [-0.25, -0.2) is 0 Å². The molecule has 0 fully saturated rings. The van der Waals surface area contributed by atoms with Crippen LogP contribution in [0.4, 0.5) is 0 Å². The van der Waals surface area contributed by atoms with Gasteiger partial charge < -0.3 is 10.2 Å². The average molecular weight is 467 g/mol. The second kappa shape index (κ2) is 23.0. The fraction of sp³-hybridized carbons (Fsp3) is 0.889. The molecule has 0 heterocycles. The third-order valence-corrected chi connectivity index (χ3v) is 5.79. The van der Waals surface area contributed by atoms with Crippen molar-refractivity contribution in [2.24, 2.45) is 5.92 Å². The molecule has 2 atom stereocenters. The Kier molecular flexibility index (Phi) is 30.3. The Hall–Kier alpha value is 1.85. The van der Waals surface area contributed by atoms with Gasteiger partial charge in [0.25, 0.3) is 10.1 Å². The molecular formula is C18H37Na3O7S. The first-order valence-electron chi connectivity index (χ1n) is 9.63. The molecule has 0 saturated carbocycles. The summed E-state index contributed by atoms with van der Waals surface area (Å²) < 4.78 is 31.3. The monoisotopic (exact) mass is 466 g/mol. The van der Waals surface area contributed by atoms with Gasteiger partial charge in [-0.1, -0.05) is 84.0 Å². The average Bonchev–Trinajstić information content (AvgIpc) is 2.52. The van der Waals surface area contributed by atoms with E-state index in [1.807, 2.05) is 0 Å². The van der Waals surface area contributed by atoms with Crippen LogP contribution in [0.1, 0.15) is 90.4 Å². The Morgan fingerprint density at radius 1 is 0.690 bits per heavy atom. The number of unbranched alkanes of at least 4 members (excludes halogenated alkanes) is 11. The minimum absolute atomic E-state index is 0. The molecule has 0 saturated heterocycles. The van der Waals surface area contributed by atoms with Crippen LogP contribution in [0.5, 0.6) is 0 Å². The molecule has 0 bridgehead atoms. The molecule has 0 amide bonds. The fourth-order valence-corrected chi connectivity index (χ4v) is 4.04. The molecule has 0 spiro atoms. The van der Waals surface area contributed by atoms with E-state index in [0.29, 0.717) is 6.42 Å². The Labute approximate surface area is 242 Å². The Bertz CT molecular complexity index is 516. The first kappa shape index (κ1) is 38.1. The summed E-state index contributed by atoms with van der Waals surface area (Å²) in [6.07, 6.45) is 13.0. The quantitative estimate of drug-likeness (QED) is 0.170. The van der Waals surface area contributed by atoms with E-state index in [1.165, 1.54) is 44.9 Å². The first-order valence-corrected chi connectivity index (χ1v) is 11.1. The van der Waals surface area contributed by atoms with Crippen LogP contribution >= 0.6 is 0 Å². The van der Waals surface area contributed by atoms with Crippen molar-refractivity contribution in [1.29, 1.82) is 0 Å². The standard InChI is InChI=1S/C18H34O7S.3Na.3H/c1-2-3-4-5-6-7-8-9-10-11-12-13-14-15(17(19)20)16(18(21)22)26(23,24)25;;;;;;/h15-16H,2-14H2,1H3,(H,19,20)(H,21,22)(H,23,24,25);;;;;;. The topological polar surface area (TPSA) is 129 Å². The second-order valence-electron chi connectivity index (χ2n) is 6.90. The summed E-state index contributed by atoms with van der Waals surface area (Å²) in [6, 6.07) is 0. The predicted octanol–water partition coefficient (Wildman–Crippen LogP) is 2.17. The number of aliphatic carboxylic acids is 2. The first-order chi connectivity index (χ1) is 12.2. The fourth-order valence-electron chi connectivity index (χ4n) is 3.12. The van der Waals surface area contributed by atoms with Gasteiger partial charge in [0.15, 0.2) is 5.25 Å². The number of hydrogen-bond acceptors (Lipinski definition) is 4. The van der Waals surface area contributed by atoms with Crippen LogP contribution in [-0.4, -0.2) is 129 Å². The second-order valence-corrected chi connectivity index (χ2v) is 8.43. The van der Waals surface area contributed by atoms with Gasteiger partial charge in [-0.2, -0.15) is 8.42 Å². The normalized spacial score (nSPS) is 12.6. The number of carboxylic acid groups (broad SMARTS) is 2. The Balaban J connectivity index is -0.00000104. The van der Waals surface area contributed by atoms with Gasteiger partial charge in [-0.3, -0.25) is 14.1 Å². The molecule has 7 nitrogen and oxygen atoms in total. The minimum atomic E-state index is -4.96. The van der Waals surface area contributed by atoms with E-state index < -0.39 is 33.2 Å². The molecule has 0 radical (unpaired) electrons. The zero-order valence-corrected chi connectivity index (χ0v) is 16.5. The number of carboxylic acids is 2. The van der Waals surface area contributed by atoms with Crippen molar-refractivity contribution in [3.8, 4) is 0 Å². The van der Waals surface area contributed by atoms with Gasteiger partial charge in [-0.15, -0.1) is 0 Å². The van der Waals surface area contributed by atoms with Gasteiger partial charge >= 0.3 is 101 Å². The van der Waals surface area contributed by atoms with Gasteiger partial charge in [0, 0.05) is 0 Å². The van der Waals surface area contributed by atoms with Crippen LogP contribution in [0.25, 0.3) is 0 Å². The number of rotatable bonds is 17. The zero-order valence-electron chi connectivity index (χ0n) is 15.7. The summed E-state index contributed by atoms with van der Waals surface area (Å²) >= 11 is 0. The third kappa shape index (κ3) is 20.2. The maximum absolute atomic E-state index is 11.2. The van der Waals surface area contributed by atoms with E-state index in [1.54, 1.807) is 0 Å². The van der Waals surface area contributed by atoms with Crippen molar-refractivity contribution >= 4 is 111 Å². The Morgan fingerprint density at radius 2 is 1.03 bits per heavy atom. The zero-order chi connectivity index (χ0) is 20.0. The summed E-state index contributed by atoms with van der Waals surface area (Å²) in [5.74, 6) is -4.98. The molecule has 0 aliphatic carbocycles. The maximum atomic E-state index is 11.2. The molecule has 3 N–H and O–H groups in total. The van der Waals surface area contributed by atoms with E-state index in [2.05, 4.69) is 6.92 Å².